The van der Waals surface area contributed by atoms with E-state index in [0.717, 1.165) is 35.7 Å². The Balaban J connectivity index is 2.98. The Hall–Kier alpha value is -0.830. The second-order valence-electron chi connectivity index (χ2n) is 3.45. The largest absolute Gasteiger partial charge is 0.496 e. The Morgan fingerprint density at radius 2 is 1.67 bits per heavy atom. The number of hydrogen-bond acceptors (Lipinski definition) is 3. The molecular weight excluding hydrogens is 208 g/mol. The number of rotatable bonds is 5. The van der Waals surface area contributed by atoms with E-state index in [2.05, 4.69) is 24.8 Å². The van der Waals surface area contributed by atoms with Crippen LogP contribution in [0.5, 0.6) is 11.5 Å². The third kappa shape index (κ3) is 3.06. The predicted molar refractivity (Wildman–Crippen MR) is 66.5 cm³/mol. The molecule has 0 saturated heterocycles. The maximum Gasteiger partial charge on any atom is 0.125 e. The molecule has 0 amide bonds. The molecule has 0 unspecified atom stereocenters. The number of hydrogen-bond donors (Lipinski definition) is 1. The minimum absolute atomic E-state index is 0.892. The number of thiol groups is 1. The van der Waals surface area contributed by atoms with Crippen LogP contribution in [0.3, 0.4) is 0 Å². The van der Waals surface area contributed by atoms with E-state index in [0.29, 0.717) is 0 Å². The van der Waals surface area contributed by atoms with Gasteiger partial charge in [0.25, 0.3) is 0 Å². The van der Waals surface area contributed by atoms with Crippen LogP contribution in [-0.2, 0) is 6.42 Å². The molecule has 1 aromatic carbocycles. The van der Waals surface area contributed by atoms with Crippen molar-refractivity contribution in [3.8, 4) is 11.5 Å². The van der Waals surface area contributed by atoms with E-state index in [1.54, 1.807) is 14.2 Å². The highest BCUT2D eigenvalue weighted by atomic mass is 32.1. The van der Waals surface area contributed by atoms with Crippen LogP contribution in [0.4, 0.5) is 0 Å². The van der Waals surface area contributed by atoms with Crippen molar-refractivity contribution < 1.29 is 9.47 Å². The zero-order chi connectivity index (χ0) is 11.3. The van der Waals surface area contributed by atoms with Gasteiger partial charge in [-0.05, 0) is 43.2 Å². The van der Waals surface area contributed by atoms with Crippen LogP contribution in [0, 0.1) is 6.92 Å². The third-order valence-electron chi connectivity index (χ3n) is 2.44. The first-order valence-electron chi connectivity index (χ1n) is 5.05. The molecule has 0 fully saturated rings. The van der Waals surface area contributed by atoms with Crippen molar-refractivity contribution in [1.82, 2.24) is 0 Å². The summed E-state index contributed by atoms with van der Waals surface area (Å²) in [6, 6.07) is 4.14. The molecule has 0 aliphatic heterocycles. The summed E-state index contributed by atoms with van der Waals surface area (Å²) in [5, 5.41) is 0. The van der Waals surface area contributed by atoms with Gasteiger partial charge in [0.15, 0.2) is 0 Å². The summed E-state index contributed by atoms with van der Waals surface area (Å²) < 4.78 is 10.6. The molecular formula is C12H18O2S. The van der Waals surface area contributed by atoms with Crippen molar-refractivity contribution in [2.24, 2.45) is 0 Å². The zero-order valence-corrected chi connectivity index (χ0v) is 10.4. The molecule has 0 aromatic heterocycles. The lowest BCUT2D eigenvalue weighted by Crippen LogP contribution is -1.96. The number of methoxy groups -OCH3 is 2. The molecule has 0 heterocycles. The van der Waals surface area contributed by atoms with E-state index >= 15 is 0 Å². The first-order chi connectivity index (χ1) is 7.22. The van der Waals surface area contributed by atoms with Crippen molar-refractivity contribution in [2.45, 2.75) is 19.8 Å². The van der Waals surface area contributed by atoms with Gasteiger partial charge in [-0.1, -0.05) is 0 Å². The van der Waals surface area contributed by atoms with Gasteiger partial charge in [-0.2, -0.15) is 12.6 Å². The Morgan fingerprint density at radius 1 is 1.13 bits per heavy atom. The summed E-state index contributed by atoms with van der Waals surface area (Å²) >= 11 is 4.21. The van der Waals surface area contributed by atoms with Gasteiger partial charge in [0.1, 0.15) is 11.5 Å². The van der Waals surface area contributed by atoms with Gasteiger partial charge >= 0.3 is 0 Å². The van der Waals surface area contributed by atoms with E-state index in [4.69, 9.17) is 9.47 Å². The maximum absolute atomic E-state index is 5.31. The van der Waals surface area contributed by atoms with Crippen LogP contribution in [0.15, 0.2) is 12.1 Å². The van der Waals surface area contributed by atoms with Gasteiger partial charge in [0, 0.05) is 5.56 Å². The second kappa shape index (κ2) is 5.91. The second-order valence-corrected chi connectivity index (χ2v) is 3.90. The van der Waals surface area contributed by atoms with Gasteiger partial charge in [-0.25, -0.2) is 0 Å². The monoisotopic (exact) mass is 226 g/mol. The highest BCUT2D eigenvalue weighted by molar-refractivity contribution is 7.80. The minimum Gasteiger partial charge on any atom is -0.496 e. The fraction of sp³-hybridized carbons (Fsp3) is 0.500. The molecule has 0 aliphatic carbocycles. The van der Waals surface area contributed by atoms with Crippen molar-refractivity contribution in [2.75, 3.05) is 20.0 Å². The molecule has 84 valence electrons. The highest BCUT2D eigenvalue weighted by Crippen LogP contribution is 2.29. The van der Waals surface area contributed by atoms with Crippen molar-refractivity contribution in [3.63, 3.8) is 0 Å². The highest BCUT2D eigenvalue weighted by Gasteiger charge is 2.07. The van der Waals surface area contributed by atoms with Crippen molar-refractivity contribution in [1.29, 1.82) is 0 Å². The summed E-state index contributed by atoms with van der Waals surface area (Å²) in [6.45, 7) is 2.00. The lowest BCUT2D eigenvalue weighted by atomic mass is 10.1. The molecule has 0 radical (unpaired) electrons. The summed E-state index contributed by atoms with van der Waals surface area (Å²) in [5.41, 5.74) is 2.29. The standard InChI is InChI=1S/C12H18O2S/c1-9-11(13-2)7-10(5-4-6-15)8-12(9)14-3/h7-8,15H,4-6H2,1-3H3. The molecule has 1 aromatic rings. The van der Waals surface area contributed by atoms with E-state index in [9.17, 15) is 0 Å². The lowest BCUT2D eigenvalue weighted by Gasteiger charge is -2.12. The van der Waals surface area contributed by atoms with Crippen LogP contribution in [0.2, 0.25) is 0 Å². The molecule has 0 bridgehead atoms. The van der Waals surface area contributed by atoms with Gasteiger partial charge in [0.2, 0.25) is 0 Å². The fourth-order valence-corrected chi connectivity index (χ4v) is 1.73. The average molecular weight is 226 g/mol. The van der Waals surface area contributed by atoms with Crippen LogP contribution in [0.1, 0.15) is 17.5 Å². The van der Waals surface area contributed by atoms with Crippen LogP contribution < -0.4 is 9.47 Å². The number of benzene rings is 1. The number of ether oxygens (including phenoxy) is 2. The molecule has 0 atom stereocenters. The Labute approximate surface area is 97.0 Å². The molecule has 0 aliphatic rings. The fourth-order valence-electron chi connectivity index (χ4n) is 1.57. The van der Waals surface area contributed by atoms with Crippen LogP contribution >= 0.6 is 12.6 Å². The first kappa shape index (κ1) is 12.2. The summed E-state index contributed by atoms with van der Waals surface area (Å²) in [4.78, 5) is 0. The average Bonchev–Trinajstić information content (AvgIpc) is 2.27. The molecule has 3 heteroatoms. The van der Waals surface area contributed by atoms with Crippen LogP contribution in [-0.4, -0.2) is 20.0 Å². The van der Waals surface area contributed by atoms with Gasteiger partial charge in [-0.3, -0.25) is 0 Å². The van der Waals surface area contributed by atoms with Gasteiger partial charge in [0.05, 0.1) is 14.2 Å². The Bertz CT molecular complexity index is 298. The minimum atomic E-state index is 0.892. The Morgan fingerprint density at radius 3 is 2.07 bits per heavy atom. The summed E-state index contributed by atoms with van der Waals surface area (Å²) in [5.74, 6) is 2.69. The number of aryl methyl sites for hydroxylation is 1. The molecule has 1 rings (SSSR count). The van der Waals surface area contributed by atoms with Crippen molar-refractivity contribution >= 4 is 12.6 Å². The summed E-state index contributed by atoms with van der Waals surface area (Å²) in [6.07, 6.45) is 2.08. The molecule has 15 heavy (non-hydrogen) atoms. The third-order valence-corrected chi connectivity index (χ3v) is 2.75. The molecule has 0 N–H and O–H groups in total. The molecule has 0 spiro atoms. The topological polar surface area (TPSA) is 18.5 Å². The van der Waals surface area contributed by atoms with E-state index in [-0.39, 0.29) is 0 Å². The zero-order valence-electron chi connectivity index (χ0n) is 9.54. The Kier molecular flexibility index (Phi) is 4.82. The van der Waals surface area contributed by atoms with E-state index < -0.39 is 0 Å². The maximum atomic E-state index is 5.31. The SMILES string of the molecule is COc1cc(CCCS)cc(OC)c1C. The summed E-state index contributed by atoms with van der Waals surface area (Å²) in [7, 11) is 3.37. The van der Waals surface area contributed by atoms with Crippen molar-refractivity contribution in [3.05, 3.63) is 23.3 Å². The van der Waals surface area contributed by atoms with E-state index in [1.165, 1.54) is 5.56 Å². The van der Waals surface area contributed by atoms with E-state index in [1.807, 2.05) is 6.92 Å². The van der Waals surface area contributed by atoms with Gasteiger partial charge < -0.3 is 9.47 Å². The normalized spacial score (nSPS) is 10.1. The first-order valence-corrected chi connectivity index (χ1v) is 5.68. The smallest absolute Gasteiger partial charge is 0.125 e. The predicted octanol–water partition coefficient (Wildman–Crippen LogP) is 2.87. The van der Waals surface area contributed by atoms with Crippen LogP contribution in [0.25, 0.3) is 0 Å². The lowest BCUT2D eigenvalue weighted by molar-refractivity contribution is 0.388. The molecule has 2 nitrogen and oxygen atoms in total. The van der Waals surface area contributed by atoms with Gasteiger partial charge in [-0.15, -0.1) is 0 Å². The quantitative estimate of drug-likeness (QED) is 0.778. The molecule has 0 saturated carbocycles.